The van der Waals surface area contributed by atoms with Gasteiger partial charge in [-0.2, -0.15) is 0 Å². The van der Waals surface area contributed by atoms with Crippen molar-refractivity contribution < 1.29 is 13.2 Å². The van der Waals surface area contributed by atoms with E-state index in [0.29, 0.717) is 18.7 Å². The average molecular weight is 374 g/mol. The molecule has 0 bridgehead atoms. The van der Waals surface area contributed by atoms with Crippen LogP contribution >= 0.6 is 0 Å². The Bertz CT molecular complexity index is 852. The fourth-order valence-corrected chi connectivity index (χ4v) is 3.67. The molecular formula is C20H23FN2O2S. The summed E-state index contributed by atoms with van der Waals surface area (Å²) in [6, 6.07) is 14.4. The summed E-state index contributed by atoms with van der Waals surface area (Å²) in [4.78, 5) is 0.947. The number of halogens is 1. The maximum atomic E-state index is 14.5. The number of benzene rings is 2. The highest BCUT2D eigenvalue weighted by molar-refractivity contribution is 7.80. The zero-order chi connectivity index (χ0) is 18.9. The number of hydrogen-bond donors (Lipinski definition) is 2. The number of nitrogens with zero attached hydrogens (tertiary/aromatic N) is 1. The topological polar surface area (TPSA) is 66.6 Å². The lowest BCUT2D eigenvalue weighted by atomic mass is 10.0. The van der Waals surface area contributed by atoms with Gasteiger partial charge in [0.05, 0.1) is 6.04 Å². The van der Waals surface area contributed by atoms with Gasteiger partial charge in [0.2, 0.25) is 0 Å². The van der Waals surface area contributed by atoms with E-state index in [0.717, 1.165) is 16.7 Å². The second-order valence-electron chi connectivity index (χ2n) is 6.89. The Labute approximate surface area is 155 Å². The van der Waals surface area contributed by atoms with E-state index in [2.05, 4.69) is 0 Å². The summed E-state index contributed by atoms with van der Waals surface area (Å²) in [6.07, 6.45) is 1.97. The van der Waals surface area contributed by atoms with Crippen molar-refractivity contribution in [3.8, 4) is 0 Å². The minimum Gasteiger partial charge on any atom is -0.326 e. The van der Waals surface area contributed by atoms with E-state index in [4.69, 9.17) is 5.73 Å². The van der Waals surface area contributed by atoms with Crippen LogP contribution in [0.25, 0.3) is 5.57 Å². The Kier molecular flexibility index (Phi) is 5.39. The van der Waals surface area contributed by atoms with Crippen LogP contribution in [0.1, 0.15) is 36.6 Å². The molecule has 0 fully saturated rings. The fourth-order valence-electron chi connectivity index (χ4n) is 3.29. The van der Waals surface area contributed by atoms with Crippen molar-refractivity contribution in [2.24, 2.45) is 5.73 Å². The van der Waals surface area contributed by atoms with Crippen molar-refractivity contribution >= 4 is 16.7 Å². The summed E-state index contributed by atoms with van der Waals surface area (Å²) in [6.45, 7) is 4.16. The van der Waals surface area contributed by atoms with Gasteiger partial charge in [0.15, 0.2) is 11.1 Å². The molecule has 2 unspecified atom stereocenters. The maximum absolute atomic E-state index is 14.5. The molecule has 1 aliphatic heterocycles. The molecule has 1 heterocycles. The summed E-state index contributed by atoms with van der Waals surface area (Å²) in [5.74, 6) is -0.315. The van der Waals surface area contributed by atoms with Gasteiger partial charge in [-0.3, -0.25) is 4.90 Å². The van der Waals surface area contributed by atoms with E-state index in [1.165, 1.54) is 6.07 Å². The highest BCUT2D eigenvalue weighted by Crippen LogP contribution is 2.40. The van der Waals surface area contributed by atoms with Crippen LogP contribution in [0.15, 0.2) is 54.6 Å². The third-order valence-corrected chi connectivity index (χ3v) is 6.00. The van der Waals surface area contributed by atoms with Gasteiger partial charge in [0, 0.05) is 18.7 Å². The van der Waals surface area contributed by atoms with Gasteiger partial charge in [-0.1, -0.05) is 42.5 Å². The van der Waals surface area contributed by atoms with E-state index in [1.807, 2.05) is 41.3 Å². The highest BCUT2D eigenvalue weighted by Gasteiger charge is 2.41. The Morgan fingerprint density at radius 3 is 2.58 bits per heavy atom. The zero-order valence-corrected chi connectivity index (χ0v) is 15.7. The second kappa shape index (κ2) is 7.40. The Hall–Kier alpha value is -1.86. The highest BCUT2D eigenvalue weighted by atomic mass is 32.2. The van der Waals surface area contributed by atoms with Crippen LogP contribution in [-0.4, -0.2) is 25.1 Å². The smallest absolute Gasteiger partial charge is 0.173 e. The molecule has 0 saturated heterocycles. The monoisotopic (exact) mass is 374 g/mol. The molecule has 3 rings (SSSR count). The quantitative estimate of drug-likeness (QED) is 0.784. The standard InChI is InChI=1S/C20H23FN2O2S/c1-20(2,26(24)25)23-13-16(11-19(23)15-6-4-3-5-7-15)17-10-14(12-22)8-9-18(17)21/h3-11,19H,12-13,22H2,1-2H3,(H,24,25). The van der Waals surface area contributed by atoms with E-state index >= 15 is 0 Å². The number of nitrogens with two attached hydrogens (primary N) is 1. The molecular weight excluding hydrogens is 351 g/mol. The second-order valence-corrected chi connectivity index (χ2v) is 8.39. The first kappa shape index (κ1) is 18.9. The molecule has 2 aromatic carbocycles. The molecule has 6 heteroatoms. The van der Waals surface area contributed by atoms with Crippen LogP contribution < -0.4 is 5.73 Å². The summed E-state index contributed by atoms with van der Waals surface area (Å²) < 4.78 is 36.2. The Morgan fingerprint density at radius 2 is 1.96 bits per heavy atom. The third-order valence-electron chi connectivity index (χ3n) is 4.91. The molecule has 138 valence electrons. The lowest BCUT2D eigenvalue weighted by Crippen LogP contribution is -2.47. The van der Waals surface area contributed by atoms with Crippen LogP contribution in [0.3, 0.4) is 0 Å². The van der Waals surface area contributed by atoms with Gasteiger partial charge in [-0.15, -0.1) is 0 Å². The van der Waals surface area contributed by atoms with Crippen molar-refractivity contribution in [3.05, 3.63) is 77.1 Å². The predicted octanol–water partition coefficient (Wildman–Crippen LogP) is 3.68. The normalized spacial score (nSPS) is 19.4. The number of rotatable bonds is 5. The van der Waals surface area contributed by atoms with Crippen LogP contribution in [0.4, 0.5) is 4.39 Å². The maximum Gasteiger partial charge on any atom is 0.173 e. The van der Waals surface area contributed by atoms with Crippen molar-refractivity contribution in [1.29, 1.82) is 0 Å². The molecule has 4 nitrogen and oxygen atoms in total. The lowest BCUT2D eigenvalue weighted by Gasteiger charge is -2.37. The minimum absolute atomic E-state index is 0.210. The Balaban J connectivity index is 2.07. The molecule has 1 aliphatic rings. The van der Waals surface area contributed by atoms with E-state index in [9.17, 15) is 13.2 Å². The van der Waals surface area contributed by atoms with Gasteiger partial charge in [0.1, 0.15) is 10.7 Å². The number of hydrogen-bond acceptors (Lipinski definition) is 3. The minimum atomic E-state index is -2.06. The van der Waals surface area contributed by atoms with Crippen molar-refractivity contribution in [1.82, 2.24) is 4.90 Å². The average Bonchev–Trinajstić information content (AvgIpc) is 3.08. The van der Waals surface area contributed by atoms with Gasteiger partial charge in [-0.05, 0) is 42.7 Å². The summed E-state index contributed by atoms with van der Waals surface area (Å²) >= 11 is -2.06. The third kappa shape index (κ3) is 3.50. The molecule has 0 amide bonds. The largest absolute Gasteiger partial charge is 0.326 e. The summed E-state index contributed by atoms with van der Waals surface area (Å²) in [5, 5.41) is 0. The van der Waals surface area contributed by atoms with Crippen molar-refractivity contribution in [3.63, 3.8) is 0 Å². The van der Waals surface area contributed by atoms with Crippen LogP contribution in [-0.2, 0) is 17.6 Å². The molecule has 0 radical (unpaired) electrons. The molecule has 3 N–H and O–H groups in total. The Morgan fingerprint density at radius 1 is 1.27 bits per heavy atom. The molecule has 0 aromatic heterocycles. The molecule has 0 saturated carbocycles. The molecule has 2 aromatic rings. The van der Waals surface area contributed by atoms with E-state index in [-0.39, 0.29) is 11.9 Å². The van der Waals surface area contributed by atoms with Crippen molar-refractivity contribution in [2.45, 2.75) is 31.3 Å². The van der Waals surface area contributed by atoms with Gasteiger partial charge in [-0.25, -0.2) is 8.60 Å². The van der Waals surface area contributed by atoms with Gasteiger partial charge < -0.3 is 10.3 Å². The van der Waals surface area contributed by atoms with Crippen LogP contribution in [0, 0.1) is 5.82 Å². The van der Waals surface area contributed by atoms with E-state index in [1.54, 1.807) is 26.0 Å². The van der Waals surface area contributed by atoms with Crippen LogP contribution in [0.5, 0.6) is 0 Å². The summed E-state index contributed by atoms with van der Waals surface area (Å²) in [5.41, 5.74) is 8.83. The zero-order valence-electron chi connectivity index (χ0n) is 14.9. The van der Waals surface area contributed by atoms with Gasteiger partial charge >= 0.3 is 0 Å². The first-order valence-corrected chi connectivity index (χ1v) is 9.57. The lowest BCUT2D eigenvalue weighted by molar-refractivity contribution is 0.182. The van der Waals surface area contributed by atoms with Gasteiger partial charge in [0.25, 0.3) is 0 Å². The first-order valence-electron chi connectivity index (χ1n) is 8.47. The molecule has 0 spiro atoms. The van der Waals surface area contributed by atoms with E-state index < -0.39 is 16.0 Å². The molecule has 2 atom stereocenters. The summed E-state index contributed by atoms with van der Waals surface area (Å²) in [7, 11) is 0. The van der Waals surface area contributed by atoms with Crippen LogP contribution in [0.2, 0.25) is 0 Å². The SMILES string of the molecule is CC(C)(N1CC(c2cc(CN)ccc2F)=CC1c1ccccc1)S(=O)O. The first-order chi connectivity index (χ1) is 12.3. The molecule has 0 aliphatic carbocycles. The fraction of sp³-hybridized carbons (Fsp3) is 0.300. The van der Waals surface area contributed by atoms with Crippen molar-refractivity contribution in [2.75, 3.05) is 6.54 Å². The predicted molar refractivity (Wildman–Crippen MR) is 103 cm³/mol. The molecule has 26 heavy (non-hydrogen) atoms.